The molecule has 30 heavy (non-hydrogen) atoms. The molecule has 1 aliphatic heterocycles. The molecule has 2 aromatic carbocycles. The van der Waals surface area contributed by atoms with Crippen LogP contribution in [-0.2, 0) is 4.79 Å². The molecule has 1 fully saturated rings. The van der Waals surface area contributed by atoms with Crippen molar-refractivity contribution < 1.29 is 9.53 Å². The van der Waals surface area contributed by atoms with Crippen molar-refractivity contribution in [1.82, 2.24) is 14.5 Å². The second-order valence-electron chi connectivity index (χ2n) is 7.48. The lowest BCUT2D eigenvalue weighted by atomic mass is 10.2. The summed E-state index contributed by atoms with van der Waals surface area (Å²) < 4.78 is 7.42. The molecule has 0 atom stereocenters. The van der Waals surface area contributed by atoms with Gasteiger partial charge in [-0.15, -0.1) is 0 Å². The molecule has 4 rings (SSSR count). The summed E-state index contributed by atoms with van der Waals surface area (Å²) in [6.45, 7) is 5.69. The van der Waals surface area contributed by atoms with Crippen LogP contribution in [0.4, 0.5) is 11.6 Å². The Morgan fingerprint density at radius 1 is 1.10 bits per heavy atom. The SMILES string of the molecule is COc1cccc(-n2ccnc2N2CCN(CC(=O)Nc3ccc(C)cc3)CC2)c1. The van der Waals surface area contributed by atoms with Gasteiger partial charge in [0.05, 0.1) is 19.3 Å². The Kier molecular flexibility index (Phi) is 5.99. The molecule has 7 heteroatoms. The van der Waals surface area contributed by atoms with Gasteiger partial charge in [0.25, 0.3) is 0 Å². The highest BCUT2D eigenvalue weighted by atomic mass is 16.5. The molecule has 1 N–H and O–H groups in total. The molecule has 0 spiro atoms. The predicted molar refractivity (Wildman–Crippen MR) is 119 cm³/mol. The third-order valence-electron chi connectivity index (χ3n) is 5.31. The lowest BCUT2D eigenvalue weighted by Gasteiger charge is -2.35. The quantitative estimate of drug-likeness (QED) is 0.683. The van der Waals surface area contributed by atoms with Crippen LogP contribution in [0.3, 0.4) is 0 Å². The summed E-state index contributed by atoms with van der Waals surface area (Å²) in [7, 11) is 1.67. The van der Waals surface area contributed by atoms with Crippen LogP contribution in [0.15, 0.2) is 60.9 Å². The zero-order valence-corrected chi connectivity index (χ0v) is 17.4. The van der Waals surface area contributed by atoms with E-state index in [0.29, 0.717) is 6.54 Å². The van der Waals surface area contributed by atoms with Crippen molar-refractivity contribution in [2.45, 2.75) is 6.92 Å². The first-order chi connectivity index (χ1) is 14.6. The average Bonchev–Trinajstić information content (AvgIpc) is 3.26. The number of methoxy groups -OCH3 is 1. The number of nitrogens with zero attached hydrogens (tertiary/aromatic N) is 4. The van der Waals surface area contributed by atoms with Crippen molar-refractivity contribution >= 4 is 17.5 Å². The lowest BCUT2D eigenvalue weighted by Crippen LogP contribution is -2.49. The molecule has 7 nitrogen and oxygen atoms in total. The van der Waals surface area contributed by atoms with E-state index >= 15 is 0 Å². The number of benzene rings is 2. The second-order valence-corrected chi connectivity index (χ2v) is 7.48. The number of anilines is 2. The third-order valence-corrected chi connectivity index (χ3v) is 5.31. The van der Waals surface area contributed by atoms with E-state index in [1.807, 2.05) is 67.8 Å². The number of carbonyl (C=O) groups is 1. The smallest absolute Gasteiger partial charge is 0.238 e. The molecule has 1 aromatic heterocycles. The molecule has 2 heterocycles. The standard InChI is InChI=1S/C23H27N5O2/c1-18-6-8-19(9-7-18)25-22(29)17-26-12-14-27(15-13-26)23-24-10-11-28(23)20-4-3-5-21(16-20)30-2/h3-11,16H,12-15,17H2,1-2H3,(H,25,29). The van der Waals surface area contributed by atoms with Crippen LogP contribution in [0.2, 0.25) is 0 Å². The number of ether oxygens (including phenoxy) is 1. The van der Waals surface area contributed by atoms with Gasteiger partial charge in [0.2, 0.25) is 11.9 Å². The van der Waals surface area contributed by atoms with E-state index in [0.717, 1.165) is 49.3 Å². The summed E-state index contributed by atoms with van der Waals surface area (Å²) >= 11 is 0. The maximum atomic E-state index is 12.4. The fourth-order valence-electron chi connectivity index (χ4n) is 3.64. The molecular weight excluding hydrogens is 378 g/mol. The minimum Gasteiger partial charge on any atom is -0.497 e. The Balaban J connectivity index is 1.34. The van der Waals surface area contributed by atoms with E-state index in [-0.39, 0.29) is 5.91 Å². The van der Waals surface area contributed by atoms with Gasteiger partial charge < -0.3 is 15.0 Å². The van der Waals surface area contributed by atoms with Crippen molar-refractivity contribution in [2.24, 2.45) is 0 Å². The highest BCUT2D eigenvalue weighted by Crippen LogP contribution is 2.22. The van der Waals surface area contributed by atoms with Crippen LogP contribution in [0.25, 0.3) is 5.69 Å². The molecule has 1 saturated heterocycles. The molecule has 0 unspecified atom stereocenters. The monoisotopic (exact) mass is 405 g/mol. The Hall–Kier alpha value is -3.32. The van der Waals surface area contributed by atoms with Gasteiger partial charge in [-0.2, -0.15) is 0 Å². The number of hydrogen-bond donors (Lipinski definition) is 1. The fraction of sp³-hybridized carbons (Fsp3) is 0.304. The van der Waals surface area contributed by atoms with E-state index in [4.69, 9.17) is 4.74 Å². The van der Waals surface area contributed by atoms with Crippen LogP contribution in [0.5, 0.6) is 5.75 Å². The summed E-state index contributed by atoms with van der Waals surface area (Å²) in [5, 5.41) is 2.97. The van der Waals surface area contributed by atoms with Crippen LogP contribution in [-0.4, -0.2) is 60.2 Å². The van der Waals surface area contributed by atoms with Crippen molar-refractivity contribution in [3.63, 3.8) is 0 Å². The highest BCUT2D eigenvalue weighted by Gasteiger charge is 2.22. The van der Waals surface area contributed by atoms with Gasteiger partial charge in [0.15, 0.2) is 0 Å². The van der Waals surface area contributed by atoms with Crippen LogP contribution < -0.4 is 15.0 Å². The number of hydrogen-bond acceptors (Lipinski definition) is 5. The zero-order valence-electron chi connectivity index (χ0n) is 17.4. The minimum absolute atomic E-state index is 0.0187. The summed E-state index contributed by atoms with van der Waals surface area (Å²) in [6.07, 6.45) is 3.78. The van der Waals surface area contributed by atoms with Crippen LogP contribution >= 0.6 is 0 Å². The Bertz CT molecular complexity index is 991. The molecule has 0 saturated carbocycles. The van der Waals surface area contributed by atoms with Gasteiger partial charge in [0, 0.05) is 50.3 Å². The summed E-state index contributed by atoms with van der Waals surface area (Å²) in [5.74, 6) is 1.74. The average molecular weight is 406 g/mol. The number of carbonyl (C=O) groups excluding carboxylic acids is 1. The largest absolute Gasteiger partial charge is 0.497 e. The van der Waals surface area contributed by atoms with Crippen LogP contribution in [0.1, 0.15) is 5.56 Å². The number of aryl methyl sites for hydroxylation is 1. The maximum absolute atomic E-state index is 12.4. The molecule has 1 aliphatic rings. The molecule has 3 aromatic rings. The van der Waals surface area contributed by atoms with Crippen molar-refractivity contribution in [3.05, 3.63) is 66.5 Å². The molecule has 0 radical (unpaired) electrons. The van der Waals surface area contributed by atoms with Gasteiger partial charge in [-0.05, 0) is 31.2 Å². The number of nitrogens with one attached hydrogen (secondary N) is 1. The van der Waals surface area contributed by atoms with Gasteiger partial charge in [-0.25, -0.2) is 4.98 Å². The highest BCUT2D eigenvalue weighted by molar-refractivity contribution is 5.92. The number of amides is 1. The molecule has 1 amide bonds. The normalized spacial score (nSPS) is 14.5. The van der Waals surface area contributed by atoms with Crippen molar-refractivity contribution in [3.8, 4) is 11.4 Å². The summed E-state index contributed by atoms with van der Waals surface area (Å²) in [5.41, 5.74) is 3.03. The van der Waals surface area contributed by atoms with Gasteiger partial charge in [-0.1, -0.05) is 23.8 Å². The van der Waals surface area contributed by atoms with E-state index in [1.54, 1.807) is 7.11 Å². The first kappa shape index (κ1) is 20.0. The fourth-order valence-corrected chi connectivity index (χ4v) is 3.64. The third kappa shape index (κ3) is 4.63. The Morgan fingerprint density at radius 2 is 1.87 bits per heavy atom. The van der Waals surface area contributed by atoms with E-state index in [9.17, 15) is 4.79 Å². The maximum Gasteiger partial charge on any atom is 0.238 e. The molecule has 0 aliphatic carbocycles. The summed E-state index contributed by atoms with van der Waals surface area (Å²) in [6, 6.07) is 15.8. The molecule has 0 bridgehead atoms. The van der Waals surface area contributed by atoms with E-state index < -0.39 is 0 Å². The van der Waals surface area contributed by atoms with Gasteiger partial charge in [0.1, 0.15) is 5.75 Å². The Labute approximate surface area is 176 Å². The zero-order chi connectivity index (χ0) is 20.9. The van der Waals surface area contributed by atoms with Gasteiger partial charge in [-0.3, -0.25) is 14.3 Å². The molecule has 156 valence electrons. The lowest BCUT2D eigenvalue weighted by molar-refractivity contribution is -0.117. The number of piperazine rings is 1. The number of imidazole rings is 1. The second kappa shape index (κ2) is 9.00. The number of aromatic nitrogens is 2. The summed E-state index contributed by atoms with van der Waals surface area (Å²) in [4.78, 5) is 21.4. The van der Waals surface area contributed by atoms with E-state index in [1.165, 1.54) is 5.56 Å². The van der Waals surface area contributed by atoms with Crippen molar-refractivity contribution in [2.75, 3.05) is 50.1 Å². The first-order valence-electron chi connectivity index (χ1n) is 10.1. The minimum atomic E-state index is 0.0187. The topological polar surface area (TPSA) is 62.6 Å². The Morgan fingerprint density at radius 3 is 2.60 bits per heavy atom. The number of rotatable bonds is 6. The van der Waals surface area contributed by atoms with Crippen LogP contribution in [0, 0.1) is 6.92 Å². The van der Waals surface area contributed by atoms with Gasteiger partial charge >= 0.3 is 0 Å². The van der Waals surface area contributed by atoms with E-state index in [2.05, 4.69) is 24.7 Å². The first-order valence-corrected chi connectivity index (χ1v) is 10.1. The molecular formula is C23H27N5O2. The van der Waals surface area contributed by atoms with Crippen molar-refractivity contribution in [1.29, 1.82) is 0 Å². The predicted octanol–water partition coefficient (Wildman–Crippen LogP) is 2.95.